The van der Waals surface area contributed by atoms with E-state index in [1.165, 1.54) is 0 Å². The molecule has 0 bridgehead atoms. The molecule has 0 aliphatic carbocycles. The van der Waals surface area contributed by atoms with Crippen LogP contribution in [0.25, 0.3) is 10.9 Å². The lowest BCUT2D eigenvalue weighted by Gasteiger charge is -2.33. The van der Waals surface area contributed by atoms with E-state index in [4.69, 9.17) is 16.9 Å². The van der Waals surface area contributed by atoms with Crippen molar-refractivity contribution in [3.63, 3.8) is 0 Å². The first-order valence-electron chi connectivity index (χ1n) is 8.39. The van der Waals surface area contributed by atoms with Crippen molar-refractivity contribution >= 4 is 40.1 Å². The molecule has 0 aliphatic heterocycles. The van der Waals surface area contributed by atoms with Crippen LogP contribution in [0.2, 0.25) is 5.02 Å². The van der Waals surface area contributed by atoms with Gasteiger partial charge in [0.05, 0.1) is 22.8 Å². The lowest BCUT2D eigenvalue weighted by atomic mass is 9.86. The molecule has 0 radical (unpaired) electrons. The van der Waals surface area contributed by atoms with Crippen molar-refractivity contribution in [3.8, 4) is 6.07 Å². The Morgan fingerprint density at radius 3 is 2.65 bits per heavy atom. The average molecular weight is 382 g/mol. The molecule has 26 heavy (non-hydrogen) atoms. The van der Waals surface area contributed by atoms with Crippen LogP contribution in [0.1, 0.15) is 18.9 Å². The van der Waals surface area contributed by atoms with Crippen LogP contribution in [0.5, 0.6) is 0 Å². The number of hydrogen-bond acceptors (Lipinski definition) is 3. The van der Waals surface area contributed by atoms with E-state index in [1.54, 1.807) is 18.0 Å². The number of anilines is 1. The van der Waals surface area contributed by atoms with Crippen LogP contribution in [0.3, 0.4) is 0 Å². The molecule has 132 valence electrons. The summed E-state index contributed by atoms with van der Waals surface area (Å²) in [4.78, 5) is 0. The minimum atomic E-state index is -0.458. The summed E-state index contributed by atoms with van der Waals surface area (Å²) >= 11 is 7.67. The van der Waals surface area contributed by atoms with Crippen LogP contribution in [0.4, 0.5) is 5.69 Å². The number of nitrogens with one attached hydrogen (secondary N) is 1. The molecule has 3 aromatic rings. The Morgan fingerprint density at radius 2 is 2.00 bits per heavy atom. The molecule has 3 rings (SSSR count). The molecule has 0 amide bonds. The zero-order chi connectivity index (χ0) is 18.6. The van der Waals surface area contributed by atoms with E-state index in [9.17, 15) is 0 Å². The maximum atomic E-state index is 9.16. The minimum Gasteiger partial charge on any atom is -0.334 e. The van der Waals surface area contributed by atoms with Gasteiger partial charge in [-0.2, -0.15) is 5.26 Å². The highest BCUT2D eigenvalue weighted by Gasteiger charge is 2.30. The summed E-state index contributed by atoms with van der Waals surface area (Å²) in [5.74, 6) is 0. The van der Waals surface area contributed by atoms with E-state index < -0.39 is 5.54 Å². The van der Waals surface area contributed by atoms with Gasteiger partial charge in [-0.3, -0.25) is 0 Å². The molecule has 0 saturated heterocycles. The molecule has 0 spiro atoms. The number of allylic oxidation sites excluding steroid dienone is 2. The van der Waals surface area contributed by atoms with E-state index in [0.29, 0.717) is 5.02 Å². The molecule has 2 aromatic carbocycles. The molecule has 1 N–H and O–H groups in total. The van der Waals surface area contributed by atoms with Gasteiger partial charge in [-0.05, 0) is 48.4 Å². The smallest absolute Gasteiger partial charge is 0.0909 e. The van der Waals surface area contributed by atoms with E-state index in [1.807, 2.05) is 42.7 Å². The topological polar surface area (TPSA) is 40.8 Å². The zero-order valence-electron chi connectivity index (χ0n) is 14.7. The third-order valence-electron chi connectivity index (χ3n) is 4.69. The van der Waals surface area contributed by atoms with Crippen molar-refractivity contribution < 1.29 is 0 Å². The van der Waals surface area contributed by atoms with E-state index >= 15 is 0 Å². The fraction of sp³-hybridized carbons (Fsp3) is 0.190. The second-order valence-corrected chi connectivity index (χ2v) is 7.03. The Bertz CT molecular complexity index is 969. The second-order valence-electron chi connectivity index (χ2n) is 5.98. The quantitative estimate of drug-likeness (QED) is 0.407. The van der Waals surface area contributed by atoms with Crippen LogP contribution in [-0.2, 0) is 5.54 Å². The number of nitriles is 1. The second kappa shape index (κ2) is 7.90. The Labute approximate surface area is 163 Å². The highest BCUT2D eigenvalue weighted by molar-refractivity contribution is 7.99. The van der Waals surface area contributed by atoms with Crippen LogP contribution in [0, 0.1) is 11.3 Å². The predicted octanol–water partition coefficient (Wildman–Crippen LogP) is 6.22. The zero-order valence-corrected chi connectivity index (χ0v) is 16.3. The number of halogens is 1. The molecular formula is C21H20ClN3S. The van der Waals surface area contributed by atoms with Gasteiger partial charge in [-0.15, -0.1) is 0 Å². The maximum Gasteiger partial charge on any atom is 0.0909 e. The average Bonchev–Trinajstić information content (AvgIpc) is 3.10. The van der Waals surface area contributed by atoms with Gasteiger partial charge in [-0.25, -0.2) is 0 Å². The van der Waals surface area contributed by atoms with Gasteiger partial charge in [0, 0.05) is 28.9 Å². The Balaban J connectivity index is 2.27. The molecule has 1 atom stereocenters. The standard InChI is InChI=1S/C21H20ClN3S/c1-3-21(13-5-14-23,16-8-10-17(22)11-9-16)25-15-12-18-19(24-26-2)6-4-7-20(18)25/h4-13,15,24H,3H2,1-2H3/b13-5+. The summed E-state index contributed by atoms with van der Waals surface area (Å²) in [7, 11) is 0. The molecule has 0 saturated carbocycles. The highest BCUT2D eigenvalue weighted by Crippen LogP contribution is 2.37. The molecule has 5 heteroatoms. The van der Waals surface area contributed by atoms with Gasteiger partial charge in [0.1, 0.15) is 0 Å². The first-order valence-corrected chi connectivity index (χ1v) is 9.99. The van der Waals surface area contributed by atoms with Gasteiger partial charge in [-0.1, -0.05) is 48.7 Å². The lowest BCUT2D eigenvalue weighted by molar-refractivity contribution is 0.447. The van der Waals surface area contributed by atoms with Crippen molar-refractivity contribution in [1.29, 1.82) is 5.26 Å². The summed E-state index contributed by atoms with van der Waals surface area (Å²) in [6.07, 6.45) is 8.45. The normalized spacial score (nSPS) is 13.6. The molecule has 3 nitrogen and oxygen atoms in total. The van der Waals surface area contributed by atoms with Gasteiger partial charge in [0.15, 0.2) is 0 Å². The number of hydrogen-bond donors (Lipinski definition) is 1. The lowest BCUT2D eigenvalue weighted by Crippen LogP contribution is -2.31. The van der Waals surface area contributed by atoms with Gasteiger partial charge < -0.3 is 9.29 Å². The molecule has 1 aromatic heterocycles. The van der Waals surface area contributed by atoms with Crippen LogP contribution >= 0.6 is 23.5 Å². The van der Waals surface area contributed by atoms with Gasteiger partial charge in [0.25, 0.3) is 0 Å². The van der Waals surface area contributed by atoms with E-state index in [-0.39, 0.29) is 0 Å². The largest absolute Gasteiger partial charge is 0.334 e. The minimum absolute atomic E-state index is 0.458. The molecular weight excluding hydrogens is 362 g/mol. The molecule has 1 heterocycles. The predicted molar refractivity (Wildman–Crippen MR) is 113 cm³/mol. The highest BCUT2D eigenvalue weighted by atomic mass is 35.5. The number of nitrogens with zero attached hydrogens (tertiary/aromatic N) is 2. The van der Waals surface area contributed by atoms with Crippen molar-refractivity contribution in [2.75, 3.05) is 11.0 Å². The van der Waals surface area contributed by atoms with E-state index in [2.05, 4.69) is 46.7 Å². The van der Waals surface area contributed by atoms with E-state index in [0.717, 1.165) is 28.6 Å². The van der Waals surface area contributed by atoms with Crippen molar-refractivity contribution in [1.82, 2.24) is 4.57 Å². The van der Waals surface area contributed by atoms with Crippen molar-refractivity contribution in [3.05, 3.63) is 77.5 Å². The van der Waals surface area contributed by atoms with Crippen molar-refractivity contribution in [2.45, 2.75) is 18.9 Å². The summed E-state index contributed by atoms with van der Waals surface area (Å²) in [5, 5.41) is 11.0. The first kappa shape index (κ1) is 18.4. The first-order chi connectivity index (χ1) is 12.7. The monoisotopic (exact) mass is 381 g/mol. The summed E-state index contributed by atoms with van der Waals surface area (Å²) in [6.45, 7) is 2.13. The number of fused-ring (bicyclic) bond motifs is 1. The Morgan fingerprint density at radius 1 is 1.23 bits per heavy atom. The molecule has 1 unspecified atom stereocenters. The summed E-state index contributed by atoms with van der Waals surface area (Å²) < 4.78 is 5.58. The third-order valence-corrected chi connectivity index (χ3v) is 5.37. The molecule has 0 aliphatic rings. The van der Waals surface area contributed by atoms with Gasteiger partial charge in [0.2, 0.25) is 0 Å². The molecule has 0 fully saturated rings. The van der Waals surface area contributed by atoms with Crippen molar-refractivity contribution in [2.24, 2.45) is 0 Å². The fourth-order valence-electron chi connectivity index (χ4n) is 3.44. The number of benzene rings is 2. The third kappa shape index (κ3) is 3.21. The fourth-order valence-corrected chi connectivity index (χ4v) is 3.96. The SMILES string of the molecule is CCC(/C=C/C#N)(c1ccc(Cl)cc1)n1ccc2c(NSC)cccc21. The number of rotatable bonds is 6. The van der Waals surface area contributed by atoms with Crippen LogP contribution < -0.4 is 4.72 Å². The van der Waals surface area contributed by atoms with Crippen LogP contribution in [-0.4, -0.2) is 10.8 Å². The maximum absolute atomic E-state index is 9.16. The summed E-state index contributed by atoms with van der Waals surface area (Å²) in [5.41, 5.74) is 2.83. The summed E-state index contributed by atoms with van der Waals surface area (Å²) in [6, 6.07) is 18.4. The number of aromatic nitrogens is 1. The van der Waals surface area contributed by atoms with Gasteiger partial charge >= 0.3 is 0 Å². The van der Waals surface area contributed by atoms with Crippen LogP contribution in [0.15, 0.2) is 66.9 Å². The Hall–Kier alpha value is -2.35. The Kier molecular flexibility index (Phi) is 5.61.